The normalized spacial score (nSPS) is 18.4. The van der Waals surface area contributed by atoms with E-state index in [4.69, 9.17) is 4.74 Å². The number of aromatic nitrogens is 2. The van der Waals surface area contributed by atoms with E-state index in [1.807, 2.05) is 6.92 Å². The SMILES string of the molecule is Cc1c(CC2CCOCC2)ncnc1C(=O)NC[C@H](O)CN1CCc2ccccc2C1. The van der Waals surface area contributed by atoms with E-state index in [1.165, 1.54) is 17.5 Å². The number of aliphatic hydroxyl groups is 1. The van der Waals surface area contributed by atoms with Crippen molar-refractivity contribution in [2.24, 2.45) is 5.92 Å². The van der Waals surface area contributed by atoms with Crippen LogP contribution in [0, 0.1) is 12.8 Å². The average Bonchev–Trinajstić information content (AvgIpc) is 2.79. The maximum Gasteiger partial charge on any atom is 0.270 e. The monoisotopic (exact) mass is 424 g/mol. The van der Waals surface area contributed by atoms with Gasteiger partial charge in [-0.15, -0.1) is 0 Å². The topological polar surface area (TPSA) is 87.6 Å². The van der Waals surface area contributed by atoms with Crippen molar-refractivity contribution >= 4 is 5.91 Å². The van der Waals surface area contributed by atoms with Gasteiger partial charge < -0.3 is 15.2 Å². The lowest BCUT2D eigenvalue weighted by atomic mass is 9.93. The summed E-state index contributed by atoms with van der Waals surface area (Å²) < 4.78 is 5.43. The lowest BCUT2D eigenvalue weighted by Gasteiger charge is -2.30. The molecule has 1 aromatic heterocycles. The molecule has 1 aromatic carbocycles. The first-order valence-electron chi connectivity index (χ1n) is 11.2. The third-order valence-corrected chi connectivity index (χ3v) is 6.40. The van der Waals surface area contributed by atoms with Crippen LogP contribution in [0.2, 0.25) is 0 Å². The average molecular weight is 425 g/mol. The number of carbonyl (C=O) groups is 1. The maximum absolute atomic E-state index is 12.7. The molecule has 2 aliphatic heterocycles. The van der Waals surface area contributed by atoms with E-state index in [-0.39, 0.29) is 12.5 Å². The molecule has 2 N–H and O–H groups in total. The van der Waals surface area contributed by atoms with Crippen LogP contribution < -0.4 is 5.32 Å². The summed E-state index contributed by atoms with van der Waals surface area (Å²) in [4.78, 5) is 23.6. The van der Waals surface area contributed by atoms with Crippen molar-refractivity contribution in [3.05, 3.63) is 58.7 Å². The minimum Gasteiger partial charge on any atom is -0.390 e. The Morgan fingerprint density at radius 1 is 1.26 bits per heavy atom. The Kier molecular flexibility index (Phi) is 7.27. The van der Waals surface area contributed by atoms with Gasteiger partial charge in [0.2, 0.25) is 0 Å². The molecular formula is C24H32N4O3. The lowest BCUT2D eigenvalue weighted by Crippen LogP contribution is -2.42. The summed E-state index contributed by atoms with van der Waals surface area (Å²) in [5.41, 5.74) is 4.86. The first kappa shape index (κ1) is 21.9. The van der Waals surface area contributed by atoms with Crippen molar-refractivity contribution in [3.63, 3.8) is 0 Å². The van der Waals surface area contributed by atoms with E-state index in [0.29, 0.717) is 18.2 Å². The van der Waals surface area contributed by atoms with E-state index in [9.17, 15) is 9.90 Å². The Hall–Kier alpha value is -2.35. The zero-order valence-electron chi connectivity index (χ0n) is 18.2. The lowest BCUT2D eigenvalue weighted by molar-refractivity contribution is 0.0662. The summed E-state index contributed by atoms with van der Waals surface area (Å²) in [6.45, 7) is 5.99. The van der Waals surface area contributed by atoms with Gasteiger partial charge in [0.15, 0.2) is 0 Å². The molecule has 4 rings (SSSR count). The van der Waals surface area contributed by atoms with Crippen molar-refractivity contribution in [3.8, 4) is 0 Å². The second kappa shape index (κ2) is 10.3. The van der Waals surface area contributed by atoms with Crippen molar-refractivity contribution in [1.82, 2.24) is 20.2 Å². The fourth-order valence-electron chi connectivity index (χ4n) is 4.51. The molecule has 0 saturated carbocycles. The van der Waals surface area contributed by atoms with Crippen LogP contribution in [0.1, 0.15) is 45.7 Å². The quantitative estimate of drug-likeness (QED) is 0.706. The fourth-order valence-corrected chi connectivity index (χ4v) is 4.51. The molecule has 7 heteroatoms. The Labute approximate surface area is 183 Å². The van der Waals surface area contributed by atoms with Gasteiger partial charge in [0.25, 0.3) is 5.91 Å². The zero-order chi connectivity index (χ0) is 21.6. The molecule has 3 heterocycles. The first-order valence-corrected chi connectivity index (χ1v) is 11.2. The van der Waals surface area contributed by atoms with Crippen LogP contribution in [0.4, 0.5) is 0 Å². The highest BCUT2D eigenvalue weighted by atomic mass is 16.5. The molecule has 0 radical (unpaired) electrons. The van der Waals surface area contributed by atoms with Crippen LogP contribution in [0.15, 0.2) is 30.6 Å². The highest BCUT2D eigenvalue weighted by Crippen LogP contribution is 2.21. The summed E-state index contributed by atoms with van der Waals surface area (Å²) in [5.74, 6) is 0.283. The number of aliphatic hydroxyl groups excluding tert-OH is 1. The summed E-state index contributed by atoms with van der Waals surface area (Å²) in [5, 5.41) is 13.3. The number of rotatable bonds is 7. The summed E-state index contributed by atoms with van der Waals surface area (Å²) in [6.07, 6.45) is 4.73. The van der Waals surface area contributed by atoms with Gasteiger partial charge in [-0.1, -0.05) is 24.3 Å². The van der Waals surface area contributed by atoms with Gasteiger partial charge in [0.1, 0.15) is 12.0 Å². The van der Waals surface area contributed by atoms with Gasteiger partial charge >= 0.3 is 0 Å². The van der Waals surface area contributed by atoms with E-state index in [0.717, 1.165) is 63.2 Å². The number of fused-ring (bicyclic) bond motifs is 1. The second-order valence-corrected chi connectivity index (χ2v) is 8.67. The van der Waals surface area contributed by atoms with Gasteiger partial charge in [-0.05, 0) is 49.7 Å². The van der Waals surface area contributed by atoms with Crippen molar-refractivity contribution in [2.75, 3.05) is 32.8 Å². The van der Waals surface area contributed by atoms with Crippen molar-refractivity contribution in [1.29, 1.82) is 0 Å². The molecule has 1 saturated heterocycles. The van der Waals surface area contributed by atoms with Gasteiger partial charge in [-0.2, -0.15) is 0 Å². The number of amides is 1. The van der Waals surface area contributed by atoms with Crippen LogP contribution in [-0.4, -0.2) is 64.8 Å². The van der Waals surface area contributed by atoms with Gasteiger partial charge in [-0.25, -0.2) is 9.97 Å². The van der Waals surface area contributed by atoms with E-state index < -0.39 is 6.10 Å². The number of nitrogens with zero attached hydrogens (tertiary/aromatic N) is 3. The molecule has 0 unspecified atom stereocenters. The number of ether oxygens (including phenoxy) is 1. The maximum atomic E-state index is 12.7. The Bertz CT molecular complexity index is 898. The first-order chi connectivity index (χ1) is 15.1. The fraction of sp³-hybridized carbons (Fsp3) is 0.542. The molecule has 0 bridgehead atoms. The van der Waals surface area contributed by atoms with Crippen LogP contribution in [-0.2, 0) is 24.1 Å². The predicted octanol–water partition coefficient (Wildman–Crippen LogP) is 1.90. The molecule has 2 aliphatic rings. The van der Waals surface area contributed by atoms with Crippen LogP contribution in [0.3, 0.4) is 0 Å². The van der Waals surface area contributed by atoms with E-state index in [1.54, 1.807) is 0 Å². The summed E-state index contributed by atoms with van der Waals surface area (Å²) in [6, 6.07) is 8.44. The Morgan fingerprint density at radius 3 is 2.84 bits per heavy atom. The molecule has 0 aliphatic carbocycles. The molecule has 7 nitrogen and oxygen atoms in total. The second-order valence-electron chi connectivity index (χ2n) is 8.67. The number of β-amino-alcohol motifs (C(OH)–C–C–N with tert-alkyl or cyclic N) is 1. The summed E-state index contributed by atoms with van der Waals surface area (Å²) in [7, 11) is 0. The minimum absolute atomic E-state index is 0.204. The molecule has 2 aromatic rings. The van der Waals surface area contributed by atoms with Crippen LogP contribution in [0.5, 0.6) is 0 Å². The highest BCUT2D eigenvalue weighted by Gasteiger charge is 2.21. The number of hydrogen-bond donors (Lipinski definition) is 2. The number of benzene rings is 1. The molecular weight excluding hydrogens is 392 g/mol. The smallest absolute Gasteiger partial charge is 0.270 e. The van der Waals surface area contributed by atoms with Crippen molar-refractivity contribution < 1.29 is 14.6 Å². The summed E-state index contributed by atoms with van der Waals surface area (Å²) >= 11 is 0. The van der Waals surface area contributed by atoms with E-state index in [2.05, 4.69) is 44.5 Å². The number of hydrogen-bond acceptors (Lipinski definition) is 6. The van der Waals surface area contributed by atoms with Crippen LogP contribution >= 0.6 is 0 Å². The van der Waals surface area contributed by atoms with Crippen LogP contribution in [0.25, 0.3) is 0 Å². The third-order valence-electron chi connectivity index (χ3n) is 6.40. The number of nitrogens with one attached hydrogen (secondary N) is 1. The highest BCUT2D eigenvalue weighted by molar-refractivity contribution is 5.93. The third kappa shape index (κ3) is 5.67. The molecule has 0 spiro atoms. The van der Waals surface area contributed by atoms with Gasteiger partial charge in [-0.3, -0.25) is 9.69 Å². The number of carbonyl (C=O) groups excluding carboxylic acids is 1. The minimum atomic E-state index is -0.627. The van der Waals surface area contributed by atoms with Gasteiger partial charge in [0.05, 0.1) is 6.10 Å². The molecule has 1 amide bonds. The zero-order valence-corrected chi connectivity index (χ0v) is 18.2. The largest absolute Gasteiger partial charge is 0.390 e. The molecule has 31 heavy (non-hydrogen) atoms. The molecule has 166 valence electrons. The van der Waals surface area contributed by atoms with Gasteiger partial charge in [0, 0.05) is 50.7 Å². The Balaban J connectivity index is 1.29. The van der Waals surface area contributed by atoms with Crippen molar-refractivity contribution in [2.45, 2.75) is 45.3 Å². The molecule has 1 fully saturated rings. The standard InChI is InChI=1S/C24H32N4O3/c1-17-22(12-18-7-10-31-11-8-18)26-16-27-23(17)24(30)25-13-21(29)15-28-9-6-19-4-2-3-5-20(19)14-28/h2-5,16,18,21,29H,6-15H2,1H3,(H,25,30)/t21-/m0/s1. The predicted molar refractivity (Wildman–Crippen MR) is 118 cm³/mol. The van der Waals surface area contributed by atoms with E-state index >= 15 is 0 Å². The Morgan fingerprint density at radius 2 is 2.03 bits per heavy atom. The molecule has 1 atom stereocenters.